The summed E-state index contributed by atoms with van der Waals surface area (Å²) >= 11 is 1.18. The number of hydrogen-bond donors (Lipinski definition) is 2. The van der Waals surface area contributed by atoms with Crippen LogP contribution in [-0.4, -0.2) is 41.1 Å². The van der Waals surface area contributed by atoms with Gasteiger partial charge in [-0.05, 0) is 26.3 Å². The summed E-state index contributed by atoms with van der Waals surface area (Å²) in [6, 6.07) is 8.68. The van der Waals surface area contributed by atoms with Crippen LogP contribution in [0.4, 0.5) is 5.82 Å². The number of aromatic nitrogens is 1. The molecule has 2 aromatic rings. The number of aryl methyl sites for hydroxylation is 2. The quantitative estimate of drug-likeness (QED) is 0.601. The molecule has 0 unspecified atom stereocenters. The average Bonchev–Trinajstić information content (AvgIpc) is 3.10. The second kappa shape index (κ2) is 10.7. The van der Waals surface area contributed by atoms with E-state index in [0.29, 0.717) is 11.6 Å². The van der Waals surface area contributed by atoms with Crippen molar-refractivity contribution in [1.29, 1.82) is 0 Å². The maximum Gasteiger partial charge on any atom is 0.307 e. The second-order valence-corrected chi connectivity index (χ2v) is 7.91. The predicted molar refractivity (Wildman–Crippen MR) is 110 cm³/mol. The van der Waals surface area contributed by atoms with Gasteiger partial charge in [0.05, 0.1) is 30.6 Å². The van der Waals surface area contributed by atoms with Crippen molar-refractivity contribution in [2.45, 2.75) is 38.5 Å². The molecule has 1 aromatic carbocycles. The van der Waals surface area contributed by atoms with Gasteiger partial charge in [-0.25, -0.2) is 0 Å². The maximum atomic E-state index is 12.4. The third-order valence-electron chi connectivity index (χ3n) is 4.13. The summed E-state index contributed by atoms with van der Waals surface area (Å²) in [4.78, 5) is 36.3. The summed E-state index contributed by atoms with van der Waals surface area (Å²) in [6.07, 6.45) is 0.0253. The fourth-order valence-electron chi connectivity index (χ4n) is 2.47. The molecule has 1 aromatic heterocycles. The number of ether oxygens (including phenoxy) is 1. The summed E-state index contributed by atoms with van der Waals surface area (Å²) in [5, 5.41) is 8.71. The molecule has 0 fully saturated rings. The monoisotopic (exact) mass is 419 g/mol. The lowest BCUT2D eigenvalue weighted by atomic mass is 10.0. The molecule has 0 saturated heterocycles. The van der Waals surface area contributed by atoms with Crippen LogP contribution in [0, 0.1) is 13.8 Å². The Morgan fingerprint density at radius 3 is 2.48 bits per heavy atom. The van der Waals surface area contributed by atoms with Crippen LogP contribution in [0.25, 0.3) is 0 Å². The highest BCUT2D eigenvalue weighted by Crippen LogP contribution is 2.20. The van der Waals surface area contributed by atoms with Gasteiger partial charge in [-0.1, -0.05) is 35.0 Å². The minimum atomic E-state index is -0.501. The average molecular weight is 420 g/mol. The number of esters is 1. The highest BCUT2D eigenvalue weighted by atomic mass is 32.2. The van der Waals surface area contributed by atoms with Crippen LogP contribution in [0.2, 0.25) is 0 Å². The maximum absolute atomic E-state index is 12.4. The second-order valence-electron chi connectivity index (χ2n) is 6.58. The Balaban J connectivity index is 1.90. The molecular weight excluding hydrogens is 394 g/mol. The molecule has 0 bridgehead atoms. The molecule has 9 heteroatoms. The molecular formula is C20H25N3O5S. The highest BCUT2D eigenvalue weighted by molar-refractivity contribution is 8.01. The van der Waals surface area contributed by atoms with E-state index in [1.807, 2.05) is 31.2 Å². The van der Waals surface area contributed by atoms with E-state index in [1.165, 1.54) is 18.9 Å². The normalized spacial score (nSPS) is 12.7. The molecule has 0 aliphatic heterocycles. The first-order chi connectivity index (χ1) is 13.8. The van der Waals surface area contributed by atoms with E-state index < -0.39 is 17.3 Å². The van der Waals surface area contributed by atoms with Crippen LogP contribution in [0.5, 0.6) is 0 Å². The van der Waals surface area contributed by atoms with Crippen molar-refractivity contribution in [2.24, 2.45) is 0 Å². The molecule has 2 N–H and O–H groups in total. The zero-order valence-electron chi connectivity index (χ0n) is 16.9. The van der Waals surface area contributed by atoms with Gasteiger partial charge in [-0.2, -0.15) is 0 Å². The Hall–Kier alpha value is -2.81. The van der Waals surface area contributed by atoms with E-state index in [1.54, 1.807) is 19.9 Å². The molecule has 0 aliphatic rings. The third-order valence-corrected chi connectivity index (χ3v) is 5.27. The lowest BCUT2D eigenvalue weighted by Gasteiger charge is -2.19. The SMILES string of the molecule is COC(=O)C[C@@H](NC(=O)CS[C@@H](C)C(=O)Nc1cc(C)on1)c1ccc(C)cc1. The van der Waals surface area contributed by atoms with Gasteiger partial charge < -0.3 is 19.9 Å². The van der Waals surface area contributed by atoms with Gasteiger partial charge in [0.1, 0.15) is 5.76 Å². The Labute approximate surface area is 173 Å². The first-order valence-electron chi connectivity index (χ1n) is 9.07. The topological polar surface area (TPSA) is 111 Å². The number of carbonyl (C=O) groups is 3. The van der Waals surface area contributed by atoms with Gasteiger partial charge in [-0.3, -0.25) is 14.4 Å². The van der Waals surface area contributed by atoms with E-state index in [2.05, 4.69) is 15.8 Å². The van der Waals surface area contributed by atoms with Crippen LogP contribution in [0.1, 0.15) is 36.3 Å². The number of nitrogens with one attached hydrogen (secondary N) is 2. The van der Waals surface area contributed by atoms with Crippen molar-refractivity contribution in [3.8, 4) is 0 Å². The number of carbonyl (C=O) groups excluding carboxylic acids is 3. The fourth-order valence-corrected chi connectivity index (χ4v) is 3.16. The van der Waals surface area contributed by atoms with Gasteiger partial charge in [-0.15, -0.1) is 11.8 Å². The summed E-state index contributed by atoms with van der Waals surface area (Å²) < 4.78 is 9.64. The van der Waals surface area contributed by atoms with E-state index in [-0.39, 0.29) is 24.0 Å². The number of nitrogens with zero attached hydrogens (tertiary/aromatic N) is 1. The fraction of sp³-hybridized carbons (Fsp3) is 0.400. The van der Waals surface area contributed by atoms with Crippen LogP contribution >= 0.6 is 11.8 Å². The molecule has 1 heterocycles. The lowest BCUT2D eigenvalue weighted by Crippen LogP contribution is -2.33. The molecule has 0 aliphatic carbocycles. The van der Waals surface area contributed by atoms with Crippen molar-refractivity contribution in [1.82, 2.24) is 10.5 Å². The predicted octanol–water partition coefficient (Wildman–Crippen LogP) is 2.77. The zero-order valence-corrected chi connectivity index (χ0v) is 17.7. The largest absolute Gasteiger partial charge is 0.469 e. The molecule has 29 heavy (non-hydrogen) atoms. The molecule has 0 spiro atoms. The minimum absolute atomic E-state index is 0.0253. The van der Waals surface area contributed by atoms with Crippen molar-refractivity contribution in [2.75, 3.05) is 18.2 Å². The molecule has 2 amide bonds. The van der Waals surface area contributed by atoms with Crippen molar-refractivity contribution < 1.29 is 23.6 Å². The van der Waals surface area contributed by atoms with E-state index in [4.69, 9.17) is 9.26 Å². The molecule has 2 atom stereocenters. The van der Waals surface area contributed by atoms with E-state index >= 15 is 0 Å². The first-order valence-corrected chi connectivity index (χ1v) is 10.1. The van der Waals surface area contributed by atoms with Gasteiger partial charge in [0.15, 0.2) is 5.82 Å². The number of methoxy groups -OCH3 is 1. The smallest absolute Gasteiger partial charge is 0.307 e. The summed E-state index contributed by atoms with van der Waals surface area (Å²) in [5.74, 6) is 0.0201. The standard InChI is InChI=1S/C20H25N3O5S/c1-12-5-7-15(8-6-12)16(10-19(25)27-4)21-18(24)11-29-14(3)20(26)22-17-9-13(2)28-23-17/h5-9,14,16H,10-11H2,1-4H3,(H,21,24)(H,22,23,26)/t14-,16+/m0/s1. The molecule has 0 saturated carbocycles. The Morgan fingerprint density at radius 2 is 1.90 bits per heavy atom. The number of anilines is 1. The molecule has 2 rings (SSSR count). The molecule has 0 radical (unpaired) electrons. The summed E-state index contributed by atoms with van der Waals surface area (Å²) in [5.41, 5.74) is 1.89. The lowest BCUT2D eigenvalue weighted by molar-refractivity contribution is -0.141. The Bertz CT molecular complexity index is 850. The number of hydrogen-bond acceptors (Lipinski definition) is 7. The van der Waals surface area contributed by atoms with Gasteiger partial charge >= 0.3 is 5.97 Å². The Morgan fingerprint density at radius 1 is 1.21 bits per heavy atom. The van der Waals surface area contributed by atoms with Gasteiger partial charge in [0, 0.05) is 6.07 Å². The summed E-state index contributed by atoms with van der Waals surface area (Å²) in [6.45, 7) is 5.39. The number of thioether (sulfide) groups is 1. The van der Waals surface area contributed by atoms with Gasteiger partial charge in [0.25, 0.3) is 0 Å². The molecule has 156 valence electrons. The van der Waals surface area contributed by atoms with Crippen molar-refractivity contribution >= 4 is 35.4 Å². The van der Waals surface area contributed by atoms with E-state index in [9.17, 15) is 14.4 Å². The van der Waals surface area contributed by atoms with E-state index in [0.717, 1.165) is 11.1 Å². The zero-order chi connectivity index (χ0) is 21.4. The van der Waals surface area contributed by atoms with Crippen molar-refractivity contribution in [3.05, 3.63) is 47.2 Å². The van der Waals surface area contributed by atoms with Crippen LogP contribution < -0.4 is 10.6 Å². The molecule has 8 nitrogen and oxygen atoms in total. The van der Waals surface area contributed by atoms with Crippen molar-refractivity contribution in [3.63, 3.8) is 0 Å². The van der Waals surface area contributed by atoms with Crippen LogP contribution in [-0.2, 0) is 19.1 Å². The third kappa shape index (κ3) is 7.26. The Kier molecular flexibility index (Phi) is 8.26. The first kappa shape index (κ1) is 22.5. The van der Waals surface area contributed by atoms with Crippen LogP contribution in [0.3, 0.4) is 0 Å². The van der Waals surface area contributed by atoms with Crippen LogP contribution in [0.15, 0.2) is 34.9 Å². The number of rotatable bonds is 9. The number of benzene rings is 1. The number of amides is 2. The van der Waals surface area contributed by atoms with Gasteiger partial charge in [0.2, 0.25) is 11.8 Å². The summed E-state index contributed by atoms with van der Waals surface area (Å²) in [7, 11) is 1.31. The highest BCUT2D eigenvalue weighted by Gasteiger charge is 2.21. The minimum Gasteiger partial charge on any atom is -0.469 e.